The molecule has 0 amide bonds. The van der Waals surface area contributed by atoms with Crippen molar-refractivity contribution in [3.05, 3.63) is 95.8 Å². The maximum atomic E-state index is 12.7. The predicted octanol–water partition coefficient (Wildman–Crippen LogP) is 3.72. The van der Waals surface area contributed by atoms with Gasteiger partial charge in [-0.3, -0.25) is 4.79 Å². The van der Waals surface area contributed by atoms with Gasteiger partial charge >= 0.3 is 0 Å². The highest BCUT2D eigenvalue weighted by atomic mass is 16.1. The van der Waals surface area contributed by atoms with Crippen molar-refractivity contribution in [1.29, 1.82) is 0 Å². The number of benzene rings is 2. The lowest BCUT2D eigenvalue weighted by Crippen LogP contribution is -2.15. The first-order valence-corrected chi connectivity index (χ1v) is 7.24. The van der Waals surface area contributed by atoms with Gasteiger partial charge in [0.1, 0.15) is 5.71 Å². The molecule has 112 valence electrons. The van der Waals surface area contributed by atoms with Crippen molar-refractivity contribution < 1.29 is 4.79 Å². The number of Topliss-reactive ketones (excluding diaryl/α,β-unsaturated/α-hetero) is 1. The van der Waals surface area contributed by atoms with Gasteiger partial charge < -0.3 is 4.98 Å². The van der Waals surface area contributed by atoms with Crippen molar-refractivity contribution in [3.8, 4) is 0 Å². The summed E-state index contributed by atoms with van der Waals surface area (Å²) < 4.78 is 0. The van der Waals surface area contributed by atoms with Gasteiger partial charge in [0.25, 0.3) is 0 Å². The number of aromatic amines is 1. The van der Waals surface area contributed by atoms with Gasteiger partial charge in [0.05, 0.1) is 11.9 Å². The molecule has 2 aromatic carbocycles. The van der Waals surface area contributed by atoms with Gasteiger partial charge in [-0.2, -0.15) is 5.10 Å². The van der Waals surface area contributed by atoms with Crippen molar-refractivity contribution in [2.75, 3.05) is 0 Å². The maximum absolute atomic E-state index is 12.7. The van der Waals surface area contributed by atoms with Crippen molar-refractivity contribution in [3.63, 3.8) is 0 Å². The molecule has 0 bridgehead atoms. The summed E-state index contributed by atoms with van der Waals surface area (Å²) in [4.78, 5) is 15.7. The average Bonchev–Trinajstić information content (AvgIpc) is 3.13. The lowest BCUT2D eigenvalue weighted by Gasteiger charge is -2.04. The molecule has 23 heavy (non-hydrogen) atoms. The van der Waals surface area contributed by atoms with Crippen LogP contribution in [0.5, 0.6) is 0 Å². The highest BCUT2D eigenvalue weighted by Crippen LogP contribution is 2.09. The molecular weight excluding hydrogens is 286 g/mol. The molecule has 0 radical (unpaired) electrons. The summed E-state index contributed by atoms with van der Waals surface area (Å²) in [5.74, 6) is -0.152. The van der Waals surface area contributed by atoms with Crippen LogP contribution in [0.4, 0.5) is 0 Å². The Morgan fingerprint density at radius 1 is 0.826 bits per heavy atom. The Balaban J connectivity index is 1.96. The number of carbonyl (C=O) groups is 1. The van der Waals surface area contributed by atoms with Gasteiger partial charge in [-0.1, -0.05) is 60.7 Å². The number of aromatic nitrogens is 1. The number of ketones is 1. The topological polar surface area (TPSA) is 57.6 Å². The molecule has 0 atom stereocenters. The lowest BCUT2D eigenvalue weighted by atomic mass is 10.0. The number of nitrogens with one attached hydrogen (secondary N) is 1. The van der Waals surface area contributed by atoms with Gasteiger partial charge in [-0.05, 0) is 12.1 Å². The van der Waals surface area contributed by atoms with Crippen LogP contribution in [0.15, 0.2) is 89.2 Å². The second-order valence-electron chi connectivity index (χ2n) is 4.88. The Bertz CT molecular complexity index is 820. The Morgan fingerprint density at radius 3 is 2.09 bits per heavy atom. The van der Waals surface area contributed by atoms with E-state index in [9.17, 15) is 4.79 Å². The van der Waals surface area contributed by atoms with E-state index in [1.807, 2.05) is 60.7 Å². The van der Waals surface area contributed by atoms with Crippen LogP contribution in [0.3, 0.4) is 0 Å². The summed E-state index contributed by atoms with van der Waals surface area (Å²) in [5, 5.41) is 8.21. The van der Waals surface area contributed by atoms with E-state index < -0.39 is 0 Å². The molecule has 0 saturated carbocycles. The molecule has 0 aliphatic heterocycles. The van der Waals surface area contributed by atoms with E-state index >= 15 is 0 Å². The first-order chi connectivity index (χ1) is 11.3. The minimum Gasteiger partial charge on any atom is -0.360 e. The quantitative estimate of drug-likeness (QED) is 0.436. The van der Waals surface area contributed by atoms with Crippen LogP contribution < -0.4 is 0 Å². The largest absolute Gasteiger partial charge is 0.360 e. The third-order valence-electron chi connectivity index (χ3n) is 3.27. The molecule has 1 heterocycles. The number of hydrogen-bond acceptors (Lipinski definition) is 3. The molecule has 4 heteroatoms. The molecule has 1 aromatic heterocycles. The molecule has 0 unspecified atom stereocenters. The van der Waals surface area contributed by atoms with Crippen LogP contribution in [-0.2, 0) is 0 Å². The molecular formula is C19H15N3O. The highest BCUT2D eigenvalue weighted by molar-refractivity contribution is 6.51. The Kier molecular flexibility index (Phi) is 4.55. The van der Waals surface area contributed by atoms with Crippen LogP contribution in [0.25, 0.3) is 0 Å². The molecule has 0 spiro atoms. The molecule has 3 rings (SSSR count). The zero-order chi connectivity index (χ0) is 15.9. The third-order valence-corrected chi connectivity index (χ3v) is 3.27. The summed E-state index contributed by atoms with van der Waals surface area (Å²) in [6, 6.07) is 22.2. The fourth-order valence-electron chi connectivity index (χ4n) is 2.13. The van der Waals surface area contributed by atoms with Gasteiger partial charge in [-0.15, -0.1) is 5.10 Å². The van der Waals surface area contributed by atoms with E-state index in [2.05, 4.69) is 15.2 Å². The van der Waals surface area contributed by atoms with E-state index in [1.165, 1.54) is 0 Å². The molecule has 0 saturated heterocycles. The molecule has 0 fully saturated rings. The van der Waals surface area contributed by atoms with E-state index in [0.717, 1.165) is 11.3 Å². The van der Waals surface area contributed by atoms with Gasteiger partial charge in [-0.25, -0.2) is 0 Å². The third kappa shape index (κ3) is 3.68. The maximum Gasteiger partial charge on any atom is 0.213 e. The first-order valence-electron chi connectivity index (χ1n) is 7.24. The molecule has 3 aromatic rings. The summed E-state index contributed by atoms with van der Waals surface area (Å²) in [5.41, 5.74) is 2.48. The van der Waals surface area contributed by atoms with Crippen LogP contribution in [0.2, 0.25) is 0 Å². The van der Waals surface area contributed by atoms with Crippen LogP contribution >= 0.6 is 0 Å². The van der Waals surface area contributed by atoms with Crippen LogP contribution in [0, 0.1) is 0 Å². The van der Waals surface area contributed by atoms with Gasteiger partial charge in [0.2, 0.25) is 5.78 Å². The zero-order valence-electron chi connectivity index (χ0n) is 12.4. The van der Waals surface area contributed by atoms with Crippen molar-refractivity contribution in [1.82, 2.24) is 4.98 Å². The number of rotatable bonds is 5. The fraction of sp³-hybridized carbons (Fsp3) is 0. The fourth-order valence-corrected chi connectivity index (χ4v) is 2.13. The number of carbonyl (C=O) groups excluding carboxylic acids is 1. The lowest BCUT2D eigenvalue weighted by molar-refractivity contribution is 0.106. The number of nitrogens with zero attached hydrogens (tertiary/aromatic N) is 2. The van der Waals surface area contributed by atoms with Crippen molar-refractivity contribution in [2.24, 2.45) is 10.2 Å². The first kappa shape index (κ1) is 14.7. The standard InChI is InChI=1S/C19H15N3O/c23-19(16-10-5-2-6-11-16)18(15-8-3-1-4-9-15)22-21-14-17-12-7-13-20-17/h1-14,20H/b21-14+,22-18?. The molecule has 1 N–H and O–H groups in total. The normalized spacial score (nSPS) is 11.7. The Morgan fingerprint density at radius 2 is 1.48 bits per heavy atom. The summed E-state index contributed by atoms with van der Waals surface area (Å²) in [6.45, 7) is 0. The summed E-state index contributed by atoms with van der Waals surface area (Å²) in [6.07, 6.45) is 3.39. The van der Waals surface area contributed by atoms with E-state index in [4.69, 9.17) is 0 Å². The van der Waals surface area contributed by atoms with Crippen LogP contribution in [-0.4, -0.2) is 22.7 Å². The monoisotopic (exact) mass is 301 g/mol. The van der Waals surface area contributed by atoms with E-state index in [-0.39, 0.29) is 5.78 Å². The average molecular weight is 301 g/mol. The minimum atomic E-state index is -0.152. The zero-order valence-corrected chi connectivity index (χ0v) is 12.4. The predicted molar refractivity (Wildman–Crippen MR) is 92.1 cm³/mol. The van der Waals surface area contributed by atoms with E-state index in [0.29, 0.717) is 11.3 Å². The van der Waals surface area contributed by atoms with E-state index in [1.54, 1.807) is 24.5 Å². The second-order valence-corrected chi connectivity index (χ2v) is 4.88. The minimum absolute atomic E-state index is 0.152. The summed E-state index contributed by atoms with van der Waals surface area (Å²) in [7, 11) is 0. The Hall–Kier alpha value is -3.27. The highest BCUT2D eigenvalue weighted by Gasteiger charge is 2.15. The van der Waals surface area contributed by atoms with Gasteiger partial charge in [0.15, 0.2) is 0 Å². The number of H-pyrrole nitrogens is 1. The Labute approximate surface area is 134 Å². The SMILES string of the molecule is O=C(C(=N/N=C/c1ccc[nH]1)c1ccccc1)c1ccccc1. The second kappa shape index (κ2) is 7.13. The van der Waals surface area contributed by atoms with Crippen LogP contribution in [0.1, 0.15) is 21.6 Å². The molecule has 4 nitrogen and oxygen atoms in total. The molecule has 0 aliphatic carbocycles. The molecule has 0 aliphatic rings. The van der Waals surface area contributed by atoms with Crippen molar-refractivity contribution in [2.45, 2.75) is 0 Å². The van der Waals surface area contributed by atoms with Crippen molar-refractivity contribution >= 4 is 17.7 Å². The number of hydrogen-bond donors (Lipinski definition) is 1. The summed E-state index contributed by atoms with van der Waals surface area (Å²) >= 11 is 0. The smallest absolute Gasteiger partial charge is 0.213 e. The van der Waals surface area contributed by atoms with Gasteiger partial charge in [0, 0.05) is 17.3 Å².